The number of likely N-dealkylation sites (N-methyl/N-ethyl adjacent to an activating group) is 1. The summed E-state index contributed by atoms with van der Waals surface area (Å²) in [4.78, 5) is 17.2. The Morgan fingerprint density at radius 3 is 2.36 bits per heavy atom. The minimum absolute atomic E-state index is 0.0696. The van der Waals surface area contributed by atoms with Gasteiger partial charge >= 0.3 is 0 Å². The van der Waals surface area contributed by atoms with Crippen LogP contribution < -0.4 is 5.32 Å². The van der Waals surface area contributed by atoms with Gasteiger partial charge in [0.15, 0.2) is 0 Å². The highest BCUT2D eigenvalue weighted by Gasteiger charge is 2.36. The average Bonchev–Trinajstić information content (AvgIpc) is 2.82. The Balaban J connectivity index is 1.94. The molecule has 1 aliphatic rings. The molecule has 1 amide bonds. The molecule has 0 saturated carbocycles. The summed E-state index contributed by atoms with van der Waals surface area (Å²) in [5, 5.41) is 7.78. The fourth-order valence-electron chi connectivity index (χ4n) is 3.68. The topological polar surface area (TPSA) is 53.4 Å². The first-order valence-corrected chi connectivity index (χ1v) is 9.31. The second kappa shape index (κ2) is 7.87. The van der Waals surface area contributed by atoms with Crippen LogP contribution in [0.25, 0.3) is 0 Å². The Kier molecular flexibility index (Phi) is 6.27. The predicted octanol–water partition coefficient (Wildman–Crippen LogP) is 1.90. The Hall–Kier alpha value is -1.40. The van der Waals surface area contributed by atoms with Crippen molar-refractivity contribution in [2.24, 2.45) is 0 Å². The number of hydrogen-bond donors (Lipinski definition) is 1. The molecule has 1 saturated heterocycles. The van der Waals surface area contributed by atoms with Crippen molar-refractivity contribution >= 4 is 5.91 Å². The Morgan fingerprint density at radius 1 is 1.28 bits per heavy atom. The van der Waals surface area contributed by atoms with Crippen LogP contribution in [0.3, 0.4) is 0 Å². The number of carbonyl (C=O) groups is 1. The number of piperidine rings is 1. The van der Waals surface area contributed by atoms with E-state index < -0.39 is 0 Å². The van der Waals surface area contributed by atoms with Crippen molar-refractivity contribution in [3.8, 4) is 0 Å². The van der Waals surface area contributed by atoms with E-state index in [2.05, 4.69) is 62.1 Å². The van der Waals surface area contributed by atoms with Crippen molar-refractivity contribution in [2.45, 2.75) is 58.5 Å². The van der Waals surface area contributed by atoms with Crippen LogP contribution in [0, 0.1) is 20.8 Å². The fourth-order valence-corrected chi connectivity index (χ4v) is 3.68. The van der Waals surface area contributed by atoms with E-state index in [1.807, 2.05) is 11.6 Å². The predicted molar refractivity (Wildman–Crippen MR) is 102 cm³/mol. The number of hydrogen-bond acceptors (Lipinski definition) is 4. The van der Waals surface area contributed by atoms with Crippen LogP contribution in [0.2, 0.25) is 0 Å². The molecule has 2 heterocycles. The third-order valence-corrected chi connectivity index (χ3v) is 6.07. The molecule has 1 aliphatic heterocycles. The van der Waals surface area contributed by atoms with Gasteiger partial charge in [0.1, 0.15) is 0 Å². The van der Waals surface area contributed by atoms with Gasteiger partial charge in [-0.2, -0.15) is 5.10 Å². The molecular weight excluding hydrogens is 314 g/mol. The highest BCUT2D eigenvalue weighted by molar-refractivity contribution is 5.76. The minimum Gasteiger partial charge on any atom is -0.354 e. The van der Waals surface area contributed by atoms with Gasteiger partial charge in [-0.3, -0.25) is 9.48 Å². The molecule has 0 aromatic carbocycles. The maximum atomic E-state index is 12.5. The van der Waals surface area contributed by atoms with Crippen LogP contribution in [0.4, 0.5) is 0 Å². The van der Waals surface area contributed by atoms with Crippen LogP contribution in [0.5, 0.6) is 0 Å². The third-order valence-electron chi connectivity index (χ3n) is 6.07. The maximum absolute atomic E-state index is 12.5. The lowest BCUT2D eigenvalue weighted by Gasteiger charge is -2.45. The van der Waals surface area contributed by atoms with Crippen LogP contribution in [-0.4, -0.2) is 71.8 Å². The smallest absolute Gasteiger partial charge is 0.222 e. The Bertz CT molecular complexity index is 599. The van der Waals surface area contributed by atoms with Crippen molar-refractivity contribution in [3.05, 3.63) is 17.0 Å². The van der Waals surface area contributed by atoms with E-state index in [0.717, 1.165) is 43.9 Å². The molecule has 2 rings (SSSR count). The van der Waals surface area contributed by atoms with E-state index in [9.17, 15) is 4.79 Å². The summed E-state index contributed by atoms with van der Waals surface area (Å²) in [7, 11) is 6.41. The maximum Gasteiger partial charge on any atom is 0.222 e. The van der Waals surface area contributed by atoms with E-state index in [-0.39, 0.29) is 17.5 Å². The molecule has 0 bridgehead atoms. The van der Waals surface area contributed by atoms with Crippen molar-refractivity contribution in [1.82, 2.24) is 24.9 Å². The molecule has 0 radical (unpaired) electrons. The minimum atomic E-state index is 0.0696. The lowest BCUT2D eigenvalue weighted by atomic mass is 9.86. The standard InChI is InChI=1S/C19H35N5O/c1-14(24-17(4)15(2)16(3)21-24)12-18(25)20-13-19(22(5)6)8-10-23(7)11-9-19/h14H,8-13H2,1-7H3,(H,20,25)/t14-/m0/s1. The molecule has 1 N–H and O–H groups in total. The average molecular weight is 350 g/mol. The lowest BCUT2D eigenvalue weighted by molar-refractivity contribution is -0.122. The second-order valence-electron chi connectivity index (χ2n) is 7.99. The first-order chi connectivity index (χ1) is 11.7. The summed E-state index contributed by atoms with van der Waals surface area (Å²) >= 11 is 0. The molecule has 1 aromatic heterocycles. The van der Waals surface area contributed by atoms with Crippen LogP contribution in [0.1, 0.15) is 49.2 Å². The summed E-state index contributed by atoms with van der Waals surface area (Å²) in [5.41, 5.74) is 3.48. The van der Waals surface area contributed by atoms with E-state index in [1.54, 1.807) is 0 Å². The van der Waals surface area contributed by atoms with Crippen molar-refractivity contribution in [3.63, 3.8) is 0 Å². The summed E-state index contributed by atoms with van der Waals surface area (Å²) < 4.78 is 1.99. The van der Waals surface area contributed by atoms with Crippen LogP contribution >= 0.6 is 0 Å². The fraction of sp³-hybridized carbons (Fsp3) is 0.789. The van der Waals surface area contributed by atoms with Crippen LogP contribution in [-0.2, 0) is 4.79 Å². The van der Waals surface area contributed by atoms with Gasteiger partial charge in [-0.25, -0.2) is 0 Å². The van der Waals surface area contributed by atoms with Crippen molar-refractivity contribution in [1.29, 1.82) is 0 Å². The number of nitrogens with one attached hydrogen (secondary N) is 1. The third kappa shape index (κ3) is 4.42. The largest absolute Gasteiger partial charge is 0.354 e. The molecule has 6 heteroatoms. The molecule has 142 valence electrons. The first-order valence-electron chi connectivity index (χ1n) is 9.31. The van der Waals surface area contributed by atoms with Gasteiger partial charge in [0.25, 0.3) is 0 Å². The number of nitrogens with zero attached hydrogens (tertiary/aromatic N) is 4. The molecule has 0 spiro atoms. The summed E-state index contributed by atoms with van der Waals surface area (Å²) in [6.07, 6.45) is 2.64. The number of carbonyl (C=O) groups excluding carboxylic acids is 1. The van der Waals surface area contributed by atoms with E-state index in [0.29, 0.717) is 6.42 Å². The highest BCUT2D eigenvalue weighted by atomic mass is 16.1. The molecule has 25 heavy (non-hydrogen) atoms. The van der Waals surface area contributed by atoms with Gasteiger partial charge in [0.2, 0.25) is 5.91 Å². The van der Waals surface area contributed by atoms with Gasteiger partial charge in [0.05, 0.1) is 11.7 Å². The summed E-state index contributed by atoms with van der Waals surface area (Å²) in [5.74, 6) is 0.109. The first kappa shape index (κ1) is 19.9. The highest BCUT2D eigenvalue weighted by Crippen LogP contribution is 2.26. The Morgan fingerprint density at radius 2 is 1.88 bits per heavy atom. The molecule has 0 aliphatic carbocycles. The monoisotopic (exact) mass is 349 g/mol. The second-order valence-corrected chi connectivity index (χ2v) is 7.99. The molecule has 6 nitrogen and oxygen atoms in total. The van der Waals surface area contributed by atoms with Crippen molar-refractivity contribution in [2.75, 3.05) is 40.8 Å². The van der Waals surface area contributed by atoms with Crippen molar-refractivity contribution < 1.29 is 4.79 Å². The zero-order valence-electron chi connectivity index (χ0n) is 17.0. The number of likely N-dealkylation sites (tertiary alicyclic amines) is 1. The molecular formula is C19H35N5O. The summed E-state index contributed by atoms with van der Waals surface area (Å²) in [6.45, 7) is 11.1. The van der Waals surface area contributed by atoms with E-state index in [1.165, 1.54) is 5.56 Å². The SMILES string of the molecule is Cc1nn([C@@H](C)CC(=O)NCC2(N(C)C)CCN(C)CC2)c(C)c1C. The molecule has 1 atom stereocenters. The Labute approximate surface area is 152 Å². The van der Waals surface area contributed by atoms with Gasteiger partial charge < -0.3 is 15.1 Å². The molecule has 1 aromatic rings. The zero-order valence-corrected chi connectivity index (χ0v) is 17.0. The number of rotatable bonds is 6. The number of aromatic nitrogens is 2. The van der Waals surface area contributed by atoms with E-state index in [4.69, 9.17) is 0 Å². The van der Waals surface area contributed by atoms with Gasteiger partial charge in [-0.05, 0) is 80.3 Å². The van der Waals surface area contributed by atoms with E-state index >= 15 is 0 Å². The quantitative estimate of drug-likeness (QED) is 0.852. The molecule has 1 fully saturated rings. The zero-order chi connectivity index (χ0) is 18.8. The lowest BCUT2D eigenvalue weighted by Crippen LogP contribution is -2.58. The van der Waals surface area contributed by atoms with Gasteiger partial charge in [0, 0.05) is 24.2 Å². The van der Waals surface area contributed by atoms with Gasteiger partial charge in [-0.1, -0.05) is 0 Å². The number of amides is 1. The van der Waals surface area contributed by atoms with Gasteiger partial charge in [-0.15, -0.1) is 0 Å². The van der Waals surface area contributed by atoms with Crippen LogP contribution in [0.15, 0.2) is 0 Å². The summed E-state index contributed by atoms with van der Waals surface area (Å²) in [6, 6.07) is 0.0696. The normalized spacial score (nSPS) is 19.2. The number of aryl methyl sites for hydroxylation is 1. The molecule has 0 unspecified atom stereocenters.